The van der Waals surface area contributed by atoms with Gasteiger partial charge in [-0.25, -0.2) is 0 Å². The van der Waals surface area contributed by atoms with Crippen LogP contribution >= 0.6 is 0 Å². The van der Waals surface area contributed by atoms with E-state index in [1.165, 1.54) is 22.3 Å². The van der Waals surface area contributed by atoms with Crippen LogP contribution in [0.2, 0.25) is 0 Å². The molecule has 29 heavy (non-hydrogen) atoms. The molecular formula is C27H26N2. The van der Waals surface area contributed by atoms with Crippen LogP contribution in [-0.2, 0) is 5.41 Å². The van der Waals surface area contributed by atoms with E-state index in [1.807, 2.05) is 12.1 Å². The summed E-state index contributed by atoms with van der Waals surface area (Å²) in [5.41, 5.74) is 20.5. The first-order valence-electron chi connectivity index (χ1n) is 9.87. The van der Waals surface area contributed by atoms with Gasteiger partial charge in [0.1, 0.15) is 0 Å². The Morgan fingerprint density at radius 3 is 1.24 bits per heavy atom. The molecule has 0 heterocycles. The molecular weight excluding hydrogens is 352 g/mol. The van der Waals surface area contributed by atoms with Crippen molar-refractivity contribution in [3.05, 3.63) is 130 Å². The number of benzene rings is 4. The smallest absolute Gasteiger partial charge is 0.0706 e. The predicted molar refractivity (Wildman–Crippen MR) is 123 cm³/mol. The lowest BCUT2D eigenvalue weighted by molar-refractivity contribution is 0.732. The van der Waals surface area contributed by atoms with Crippen LogP contribution in [0.4, 0.5) is 11.4 Å². The molecule has 144 valence electrons. The number of aryl methyl sites for hydroxylation is 2. The first-order chi connectivity index (χ1) is 14.0. The minimum atomic E-state index is -0.474. The van der Waals surface area contributed by atoms with Crippen LogP contribution < -0.4 is 11.5 Å². The van der Waals surface area contributed by atoms with Crippen molar-refractivity contribution < 1.29 is 0 Å². The molecule has 4 N–H and O–H groups in total. The molecule has 0 aliphatic heterocycles. The lowest BCUT2D eigenvalue weighted by Gasteiger charge is -2.39. The van der Waals surface area contributed by atoms with Crippen molar-refractivity contribution in [1.29, 1.82) is 0 Å². The lowest BCUT2D eigenvalue weighted by Crippen LogP contribution is -2.32. The van der Waals surface area contributed by atoms with Crippen molar-refractivity contribution in [2.75, 3.05) is 11.5 Å². The van der Waals surface area contributed by atoms with Gasteiger partial charge < -0.3 is 11.5 Å². The molecule has 0 unspecified atom stereocenters. The molecule has 4 rings (SSSR count). The highest BCUT2D eigenvalue weighted by Gasteiger charge is 2.40. The molecule has 0 aromatic heterocycles. The van der Waals surface area contributed by atoms with Gasteiger partial charge in [-0.05, 0) is 71.5 Å². The fourth-order valence-electron chi connectivity index (χ4n) is 4.53. The molecule has 4 aromatic rings. The average molecular weight is 379 g/mol. The van der Waals surface area contributed by atoms with E-state index in [1.54, 1.807) is 0 Å². The fourth-order valence-corrected chi connectivity index (χ4v) is 4.53. The molecule has 2 nitrogen and oxygen atoms in total. The van der Waals surface area contributed by atoms with Gasteiger partial charge in [-0.15, -0.1) is 0 Å². The summed E-state index contributed by atoms with van der Waals surface area (Å²) in [5, 5.41) is 0. The standard InChI is InChI=1S/C27H26N2/c1-19-17-23(28)13-15-25(19)27(21-9-5-3-6-10-21,22-11-7-4-8-12-22)26-16-14-24(29)18-20(26)2/h3-18H,28-29H2,1-2H3. The number of anilines is 2. The summed E-state index contributed by atoms with van der Waals surface area (Å²) in [4.78, 5) is 0. The first-order valence-corrected chi connectivity index (χ1v) is 9.87. The first kappa shape index (κ1) is 18.8. The number of nitrogen functional groups attached to an aromatic ring is 2. The van der Waals surface area contributed by atoms with E-state index in [9.17, 15) is 0 Å². The van der Waals surface area contributed by atoms with Gasteiger partial charge in [0.15, 0.2) is 0 Å². The normalized spacial score (nSPS) is 11.4. The molecule has 0 fully saturated rings. The SMILES string of the molecule is Cc1cc(N)ccc1C(c1ccccc1)(c1ccccc1)c1ccc(N)cc1C. The summed E-state index contributed by atoms with van der Waals surface area (Å²) >= 11 is 0. The van der Waals surface area contributed by atoms with Crippen LogP contribution in [0.5, 0.6) is 0 Å². The molecule has 0 saturated heterocycles. The Hall–Kier alpha value is -3.52. The van der Waals surface area contributed by atoms with Gasteiger partial charge in [0.05, 0.1) is 5.41 Å². The van der Waals surface area contributed by atoms with Crippen LogP contribution in [-0.4, -0.2) is 0 Å². The largest absolute Gasteiger partial charge is 0.399 e. The van der Waals surface area contributed by atoms with E-state index < -0.39 is 5.41 Å². The maximum absolute atomic E-state index is 6.12. The Morgan fingerprint density at radius 1 is 0.517 bits per heavy atom. The Bertz CT molecular complexity index is 1040. The zero-order valence-electron chi connectivity index (χ0n) is 16.9. The highest BCUT2D eigenvalue weighted by atomic mass is 14.6. The molecule has 0 aliphatic rings. The van der Waals surface area contributed by atoms with Crippen molar-refractivity contribution in [1.82, 2.24) is 0 Å². The van der Waals surface area contributed by atoms with Gasteiger partial charge in [0.2, 0.25) is 0 Å². The van der Waals surface area contributed by atoms with Crippen molar-refractivity contribution in [2.45, 2.75) is 19.3 Å². The average Bonchev–Trinajstić information content (AvgIpc) is 2.72. The monoisotopic (exact) mass is 378 g/mol. The number of hydrogen-bond acceptors (Lipinski definition) is 2. The zero-order chi connectivity index (χ0) is 20.4. The second kappa shape index (κ2) is 7.48. The Morgan fingerprint density at radius 2 is 0.897 bits per heavy atom. The molecule has 0 saturated carbocycles. The Kier molecular flexibility index (Phi) is 4.85. The van der Waals surface area contributed by atoms with E-state index in [0.29, 0.717) is 0 Å². The van der Waals surface area contributed by atoms with Crippen LogP contribution in [0.15, 0.2) is 97.1 Å². The summed E-state index contributed by atoms with van der Waals surface area (Å²) in [6, 6.07) is 33.8. The summed E-state index contributed by atoms with van der Waals surface area (Å²) < 4.78 is 0. The van der Waals surface area contributed by atoms with Gasteiger partial charge in [-0.2, -0.15) is 0 Å². The molecule has 4 aromatic carbocycles. The van der Waals surface area contributed by atoms with Gasteiger partial charge >= 0.3 is 0 Å². The van der Waals surface area contributed by atoms with E-state index in [4.69, 9.17) is 11.5 Å². The second-order valence-corrected chi connectivity index (χ2v) is 7.63. The molecule has 2 heteroatoms. The molecule has 0 spiro atoms. The third kappa shape index (κ3) is 3.17. The summed E-state index contributed by atoms with van der Waals surface area (Å²) in [6.45, 7) is 4.28. The minimum Gasteiger partial charge on any atom is -0.399 e. The highest BCUT2D eigenvalue weighted by Crippen LogP contribution is 2.47. The number of hydrogen-bond donors (Lipinski definition) is 2. The quantitative estimate of drug-likeness (QED) is 0.346. The molecule has 0 radical (unpaired) electrons. The van der Waals surface area contributed by atoms with Gasteiger partial charge in [-0.3, -0.25) is 0 Å². The van der Waals surface area contributed by atoms with Crippen molar-refractivity contribution >= 4 is 11.4 Å². The van der Waals surface area contributed by atoms with E-state index >= 15 is 0 Å². The summed E-state index contributed by atoms with van der Waals surface area (Å²) in [5.74, 6) is 0. The maximum atomic E-state index is 6.12. The van der Waals surface area contributed by atoms with Crippen molar-refractivity contribution in [3.63, 3.8) is 0 Å². The minimum absolute atomic E-state index is 0.474. The topological polar surface area (TPSA) is 52.0 Å². The Balaban J connectivity index is 2.20. The second-order valence-electron chi connectivity index (χ2n) is 7.63. The number of nitrogens with two attached hydrogens (primary N) is 2. The van der Waals surface area contributed by atoms with Crippen molar-refractivity contribution in [2.24, 2.45) is 0 Å². The van der Waals surface area contributed by atoms with Gasteiger partial charge in [0.25, 0.3) is 0 Å². The molecule has 0 atom stereocenters. The number of rotatable bonds is 4. The third-order valence-corrected chi connectivity index (χ3v) is 5.72. The van der Waals surface area contributed by atoms with Crippen LogP contribution in [0.1, 0.15) is 33.4 Å². The Labute approximate surface area is 172 Å². The van der Waals surface area contributed by atoms with Crippen LogP contribution in [0.3, 0.4) is 0 Å². The highest BCUT2D eigenvalue weighted by molar-refractivity contribution is 5.65. The fraction of sp³-hybridized carbons (Fsp3) is 0.111. The van der Waals surface area contributed by atoms with Crippen LogP contribution in [0, 0.1) is 13.8 Å². The molecule has 0 bridgehead atoms. The molecule has 0 aliphatic carbocycles. The van der Waals surface area contributed by atoms with E-state index in [2.05, 4.69) is 98.8 Å². The third-order valence-electron chi connectivity index (χ3n) is 5.72. The van der Waals surface area contributed by atoms with Gasteiger partial charge in [-0.1, -0.05) is 72.8 Å². The summed E-state index contributed by atoms with van der Waals surface area (Å²) in [6.07, 6.45) is 0. The van der Waals surface area contributed by atoms with Crippen molar-refractivity contribution in [3.8, 4) is 0 Å². The van der Waals surface area contributed by atoms with Gasteiger partial charge in [0, 0.05) is 11.4 Å². The lowest BCUT2D eigenvalue weighted by atomic mass is 9.63. The zero-order valence-corrected chi connectivity index (χ0v) is 16.9. The predicted octanol–water partition coefficient (Wildman–Crippen LogP) is 5.85. The molecule has 0 amide bonds. The summed E-state index contributed by atoms with van der Waals surface area (Å²) in [7, 11) is 0. The van der Waals surface area contributed by atoms with E-state index in [0.717, 1.165) is 22.5 Å². The maximum Gasteiger partial charge on any atom is 0.0706 e. The van der Waals surface area contributed by atoms with Crippen LogP contribution in [0.25, 0.3) is 0 Å². The van der Waals surface area contributed by atoms with E-state index in [-0.39, 0.29) is 0 Å².